The van der Waals surface area contributed by atoms with Crippen molar-refractivity contribution in [2.45, 2.75) is 32.4 Å². The van der Waals surface area contributed by atoms with Crippen molar-refractivity contribution >= 4 is 11.3 Å². The Labute approximate surface area is 106 Å². The molecule has 0 unspecified atom stereocenters. The van der Waals surface area contributed by atoms with Crippen molar-refractivity contribution in [3.63, 3.8) is 0 Å². The number of rotatable bonds is 7. The first-order valence-electron chi connectivity index (χ1n) is 5.20. The molecule has 0 aromatic carbocycles. The molecule has 1 aromatic rings. The van der Waals surface area contributed by atoms with Crippen molar-refractivity contribution < 1.29 is 22.3 Å². The molecule has 0 atom stereocenters. The van der Waals surface area contributed by atoms with Crippen LogP contribution in [0.2, 0.25) is 0 Å². The van der Waals surface area contributed by atoms with Crippen molar-refractivity contribution in [2.24, 2.45) is 0 Å². The highest BCUT2D eigenvalue weighted by Gasteiger charge is 2.40. The second-order valence-electron chi connectivity index (χ2n) is 3.70. The molecule has 0 radical (unpaired) electrons. The fourth-order valence-corrected chi connectivity index (χ4v) is 2.23. The summed E-state index contributed by atoms with van der Waals surface area (Å²) >= 11 is 1.31. The zero-order valence-corrected chi connectivity index (χ0v) is 10.8. The molecule has 0 aliphatic heterocycles. The van der Waals surface area contributed by atoms with Gasteiger partial charge < -0.3 is 10.1 Å². The van der Waals surface area contributed by atoms with E-state index in [1.807, 2.05) is 0 Å². The summed E-state index contributed by atoms with van der Waals surface area (Å²) in [4.78, 5) is 5.08. The summed E-state index contributed by atoms with van der Waals surface area (Å²) in [7, 11) is 1.78. The molecule has 0 bridgehead atoms. The van der Waals surface area contributed by atoms with Gasteiger partial charge in [0.15, 0.2) is 0 Å². The van der Waals surface area contributed by atoms with Gasteiger partial charge in [-0.15, -0.1) is 11.3 Å². The average Bonchev–Trinajstić information content (AvgIpc) is 2.59. The molecule has 0 aliphatic rings. The summed E-state index contributed by atoms with van der Waals surface area (Å²) in [6.07, 6.45) is -3.71. The standard InChI is InChI=1S/C10H14F4N2OS/c1-6-7(3-15-2)18-8(16-6)4-17-5-10(13,14)9(11)12/h9,15H,3-5H2,1-2H3. The van der Waals surface area contributed by atoms with Gasteiger partial charge in [-0.2, -0.15) is 8.78 Å². The zero-order chi connectivity index (χ0) is 13.8. The van der Waals surface area contributed by atoms with Gasteiger partial charge in [-0.05, 0) is 14.0 Å². The van der Waals surface area contributed by atoms with Gasteiger partial charge in [-0.1, -0.05) is 0 Å². The van der Waals surface area contributed by atoms with Crippen LogP contribution in [0.1, 0.15) is 15.6 Å². The number of ether oxygens (including phenoxy) is 1. The van der Waals surface area contributed by atoms with E-state index in [1.165, 1.54) is 11.3 Å². The van der Waals surface area contributed by atoms with Gasteiger partial charge in [0, 0.05) is 11.4 Å². The first-order chi connectivity index (χ1) is 8.36. The Bertz CT molecular complexity index is 384. The van der Waals surface area contributed by atoms with E-state index in [1.54, 1.807) is 14.0 Å². The van der Waals surface area contributed by atoms with Crippen LogP contribution in [-0.4, -0.2) is 31.0 Å². The van der Waals surface area contributed by atoms with Gasteiger partial charge in [-0.3, -0.25) is 0 Å². The molecule has 0 fully saturated rings. The summed E-state index contributed by atoms with van der Waals surface area (Å²) in [5.41, 5.74) is 0.786. The van der Waals surface area contributed by atoms with Crippen LogP contribution >= 0.6 is 11.3 Å². The maximum Gasteiger partial charge on any atom is 0.330 e. The van der Waals surface area contributed by atoms with E-state index < -0.39 is 19.0 Å². The van der Waals surface area contributed by atoms with E-state index in [2.05, 4.69) is 15.0 Å². The van der Waals surface area contributed by atoms with Crippen LogP contribution in [0.15, 0.2) is 0 Å². The maximum absolute atomic E-state index is 12.6. The normalized spacial score (nSPS) is 12.4. The number of aryl methyl sites for hydroxylation is 1. The van der Waals surface area contributed by atoms with E-state index in [9.17, 15) is 17.6 Å². The number of alkyl halides is 4. The van der Waals surface area contributed by atoms with Crippen molar-refractivity contribution in [3.05, 3.63) is 15.6 Å². The van der Waals surface area contributed by atoms with Crippen molar-refractivity contribution in [1.82, 2.24) is 10.3 Å². The topological polar surface area (TPSA) is 34.1 Å². The molecule has 0 spiro atoms. The van der Waals surface area contributed by atoms with Crippen molar-refractivity contribution in [3.8, 4) is 0 Å². The van der Waals surface area contributed by atoms with Gasteiger partial charge in [0.1, 0.15) is 11.6 Å². The summed E-state index contributed by atoms with van der Waals surface area (Å²) in [6, 6.07) is 0. The second kappa shape index (κ2) is 6.44. The maximum atomic E-state index is 12.6. The first kappa shape index (κ1) is 15.3. The lowest BCUT2D eigenvalue weighted by molar-refractivity contribution is -0.168. The molecular formula is C10H14F4N2OS. The average molecular weight is 286 g/mol. The van der Waals surface area contributed by atoms with Crippen LogP contribution in [0.3, 0.4) is 0 Å². The highest BCUT2D eigenvalue weighted by atomic mass is 32.1. The molecule has 0 saturated heterocycles. The molecule has 0 aliphatic carbocycles. The Morgan fingerprint density at radius 3 is 2.67 bits per heavy atom. The third-order valence-corrected chi connectivity index (χ3v) is 3.24. The number of nitrogens with one attached hydrogen (secondary N) is 1. The van der Waals surface area contributed by atoms with Crippen LogP contribution in [-0.2, 0) is 17.9 Å². The summed E-state index contributed by atoms with van der Waals surface area (Å²) in [5.74, 6) is -4.11. The van der Waals surface area contributed by atoms with E-state index in [0.29, 0.717) is 11.6 Å². The molecular weight excluding hydrogens is 272 g/mol. The zero-order valence-electron chi connectivity index (χ0n) is 9.97. The first-order valence-corrected chi connectivity index (χ1v) is 6.02. The second-order valence-corrected chi connectivity index (χ2v) is 4.87. The molecule has 18 heavy (non-hydrogen) atoms. The largest absolute Gasteiger partial charge is 0.368 e. The molecule has 8 heteroatoms. The molecule has 1 heterocycles. The number of thiazole rings is 1. The van der Waals surface area contributed by atoms with Gasteiger partial charge in [0.2, 0.25) is 0 Å². The lowest BCUT2D eigenvalue weighted by Crippen LogP contribution is -2.32. The Morgan fingerprint density at radius 2 is 2.11 bits per heavy atom. The lowest BCUT2D eigenvalue weighted by Gasteiger charge is -2.14. The predicted octanol–water partition coefficient (Wildman–Crippen LogP) is 2.59. The molecule has 0 saturated carbocycles. The molecule has 1 aromatic heterocycles. The van der Waals surface area contributed by atoms with E-state index in [0.717, 1.165) is 10.6 Å². The predicted molar refractivity (Wildman–Crippen MR) is 60.2 cm³/mol. The van der Waals surface area contributed by atoms with Gasteiger partial charge >= 0.3 is 12.3 Å². The minimum absolute atomic E-state index is 0.183. The number of hydrogen-bond acceptors (Lipinski definition) is 4. The molecule has 1 N–H and O–H groups in total. The minimum Gasteiger partial charge on any atom is -0.368 e. The quantitative estimate of drug-likeness (QED) is 0.782. The highest BCUT2D eigenvalue weighted by Crippen LogP contribution is 2.24. The van der Waals surface area contributed by atoms with Crippen LogP contribution in [0, 0.1) is 6.92 Å². The van der Waals surface area contributed by atoms with Gasteiger partial charge in [-0.25, -0.2) is 13.8 Å². The smallest absolute Gasteiger partial charge is 0.330 e. The number of hydrogen-bond donors (Lipinski definition) is 1. The van der Waals surface area contributed by atoms with Crippen molar-refractivity contribution in [2.75, 3.05) is 13.7 Å². The summed E-state index contributed by atoms with van der Waals surface area (Å²) in [5, 5.41) is 3.45. The lowest BCUT2D eigenvalue weighted by atomic mass is 10.4. The van der Waals surface area contributed by atoms with Crippen molar-refractivity contribution in [1.29, 1.82) is 0 Å². The van der Waals surface area contributed by atoms with Crippen LogP contribution in [0.4, 0.5) is 17.6 Å². The van der Waals surface area contributed by atoms with Gasteiger partial charge in [0.25, 0.3) is 0 Å². The molecule has 3 nitrogen and oxygen atoms in total. The Kier molecular flexibility index (Phi) is 5.48. The SMILES string of the molecule is CNCc1sc(COCC(F)(F)C(F)F)nc1C. The van der Waals surface area contributed by atoms with Crippen LogP contribution < -0.4 is 5.32 Å². The minimum atomic E-state index is -4.11. The number of nitrogens with zero attached hydrogens (tertiary/aromatic N) is 1. The molecule has 1 rings (SSSR count). The molecule has 104 valence electrons. The van der Waals surface area contributed by atoms with E-state index >= 15 is 0 Å². The third kappa shape index (κ3) is 4.18. The van der Waals surface area contributed by atoms with E-state index in [4.69, 9.17) is 0 Å². The fourth-order valence-electron chi connectivity index (χ4n) is 1.21. The highest BCUT2D eigenvalue weighted by molar-refractivity contribution is 7.11. The summed E-state index contributed by atoms with van der Waals surface area (Å²) in [6.45, 7) is 0.930. The fraction of sp³-hybridized carbons (Fsp3) is 0.700. The molecule has 0 amide bonds. The Balaban J connectivity index is 2.47. The van der Waals surface area contributed by atoms with Crippen LogP contribution in [0.5, 0.6) is 0 Å². The monoisotopic (exact) mass is 286 g/mol. The van der Waals surface area contributed by atoms with Crippen LogP contribution in [0.25, 0.3) is 0 Å². The van der Waals surface area contributed by atoms with Gasteiger partial charge in [0.05, 0.1) is 12.3 Å². The number of aromatic nitrogens is 1. The van der Waals surface area contributed by atoms with E-state index in [-0.39, 0.29) is 6.61 Å². The number of halogens is 4. The third-order valence-electron chi connectivity index (χ3n) is 2.11. The Morgan fingerprint density at radius 1 is 1.44 bits per heavy atom. The summed E-state index contributed by atoms with van der Waals surface area (Å²) < 4.78 is 53.4. The Hall–Kier alpha value is -0.730.